The summed E-state index contributed by atoms with van der Waals surface area (Å²) in [6.45, 7) is 5.80. The fraction of sp³-hybridized carbons (Fsp3) is 0.343. The SMILES string of the molecule is Cn1c(C#CC2CC3(C2)CN(C(=O)/C=C/CN2CCOCC2)C3)c(-c2ccc(Oc3ccccc3)cc2)c2c(N)ncnc21. The molecule has 44 heavy (non-hydrogen) atoms. The predicted octanol–water partition coefficient (Wildman–Crippen LogP) is 4.49. The summed E-state index contributed by atoms with van der Waals surface area (Å²) in [5, 5.41) is 0.802. The summed E-state index contributed by atoms with van der Waals surface area (Å²) in [6, 6.07) is 17.7. The number of fused-ring (bicyclic) bond motifs is 1. The number of carbonyl (C=O) groups is 1. The third kappa shape index (κ3) is 5.54. The fourth-order valence-corrected chi connectivity index (χ4v) is 6.64. The van der Waals surface area contributed by atoms with Crippen LogP contribution in [-0.4, -0.2) is 76.2 Å². The maximum absolute atomic E-state index is 12.7. The van der Waals surface area contributed by atoms with Gasteiger partial charge in [0, 0.05) is 62.7 Å². The second kappa shape index (κ2) is 11.8. The molecule has 2 N–H and O–H groups in total. The molecular formula is C35H36N6O3. The van der Waals surface area contributed by atoms with Crippen LogP contribution in [0.25, 0.3) is 22.2 Å². The first kappa shape index (κ1) is 28.1. The third-order valence-corrected chi connectivity index (χ3v) is 8.96. The number of aryl methyl sites for hydroxylation is 1. The number of anilines is 1. The number of nitrogen functional groups attached to an aromatic ring is 1. The van der Waals surface area contributed by atoms with Crippen LogP contribution in [0.5, 0.6) is 11.5 Å². The fourth-order valence-electron chi connectivity index (χ4n) is 6.64. The number of morpholine rings is 1. The number of nitrogens with two attached hydrogens (primary N) is 1. The molecule has 1 amide bonds. The Morgan fingerprint density at radius 1 is 1.07 bits per heavy atom. The Kier molecular flexibility index (Phi) is 7.54. The first-order chi connectivity index (χ1) is 21.5. The highest BCUT2D eigenvalue weighted by Crippen LogP contribution is 2.51. The number of likely N-dealkylation sites (tertiary alicyclic amines) is 1. The van der Waals surface area contributed by atoms with Crippen molar-refractivity contribution in [2.45, 2.75) is 12.8 Å². The minimum atomic E-state index is 0.109. The van der Waals surface area contributed by atoms with Crippen molar-refractivity contribution < 1.29 is 14.3 Å². The lowest BCUT2D eigenvalue weighted by molar-refractivity contribution is -0.147. The first-order valence-corrected chi connectivity index (χ1v) is 15.2. The van der Waals surface area contributed by atoms with E-state index in [1.165, 1.54) is 6.33 Å². The Hall–Kier alpha value is -4.65. The van der Waals surface area contributed by atoms with Crippen LogP contribution in [0.3, 0.4) is 0 Å². The molecule has 2 aromatic heterocycles. The van der Waals surface area contributed by atoms with Gasteiger partial charge in [-0.05, 0) is 48.6 Å². The summed E-state index contributed by atoms with van der Waals surface area (Å²) in [5.74, 6) is 9.38. The smallest absolute Gasteiger partial charge is 0.246 e. The van der Waals surface area contributed by atoms with E-state index in [0.29, 0.717) is 11.7 Å². The van der Waals surface area contributed by atoms with E-state index in [2.05, 4.69) is 26.7 Å². The van der Waals surface area contributed by atoms with Gasteiger partial charge in [0.05, 0.1) is 18.6 Å². The van der Waals surface area contributed by atoms with E-state index in [1.807, 2.05) is 77.2 Å². The number of benzene rings is 2. The maximum atomic E-state index is 12.7. The molecule has 1 spiro atoms. The van der Waals surface area contributed by atoms with E-state index in [4.69, 9.17) is 15.2 Å². The Morgan fingerprint density at radius 2 is 1.80 bits per heavy atom. The summed E-state index contributed by atoms with van der Waals surface area (Å²) in [5.41, 5.74) is 10.1. The number of hydrogen-bond acceptors (Lipinski definition) is 7. The summed E-state index contributed by atoms with van der Waals surface area (Å²) in [4.78, 5) is 25.7. The monoisotopic (exact) mass is 588 g/mol. The topological polar surface area (TPSA) is 98.7 Å². The van der Waals surface area contributed by atoms with Crippen LogP contribution in [0.15, 0.2) is 73.1 Å². The average Bonchev–Trinajstić information content (AvgIpc) is 3.29. The molecule has 4 aromatic rings. The van der Waals surface area contributed by atoms with Crippen molar-refractivity contribution in [2.24, 2.45) is 18.4 Å². The molecule has 2 aromatic carbocycles. The number of para-hydroxylation sites is 1. The van der Waals surface area contributed by atoms with Crippen molar-refractivity contribution in [3.63, 3.8) is 0 Å². The summed E-state index contributed by atoms with van der Waals surface area (Å²) >= 11 is 0. The molecule has 4 heterocycles. The number of ether oxygens (including phenoxy) is 2. The zero-order valence-electron chi connectivity index (χ0n) is 24.9. The zero-order chi connectivity index (χ0) is 30.1. The van der Waals surface area contributed by atoms with E-state index in [9.17, 15) is 4.79 Å². The third-order valence-electron chi connectivity index (χ3n) is 8.96. The minimum absolute atomic E-state index is 0.109. The molecule has 2 saturated heterocycles. The molecule has 0 atom stereocenters. The molecule has 3 fully saturated rings. The van der Waals surface area contributed by atoms with E-state index >= 15 is 0 Å². The van der Waals surface area contributed by atoms with E-state index in [0.717, 1.165) is 98.1 Å². The van der Waals surface area contributed by atoms with Gasteiger partial charge in [-0.1, -0.05) is 42.3 Å². The van der Waals surface area contributed by atoms with Crippen molar-refractivity contribution in [3.8, 4) is 34.5 Å². The number of rotatable bonds is 6. The summed E-state index contributed by atoms with van der Waals surface area (Å²) in [6.07, 6.45) is 7.22. The lowest BCUT2D eigenvalue weighted by atomic mass is 9.58. The van der Waals surface area contributed by atoms with Gasteiger partial charge in [0.25, 0.3) is 0 Å². The molecule has 0 unspecified atom stereocenters. The molecule has 0 bridgehead atoms. The van der Waals surface area contributed by atoms with Crippen molar-refractivity contribution in [1.82, 2.24) is 24.3 Å². The van der Waals surface area contributed by atoms with Crippen molar-refractivity contribution in [2.75, 3.05) is 51.7 Å². The van der Waals surface area contributed by atoms with Crippen LogP contribution in [0, 0.1) is 23.2 Å². The molecule has 224 valence electrons. The van der Waals surface area contributed by atoms with Crippen LogP contribution in [0.2, 0.25) is 0 Å². The van der Waals surface area contributed by atoms with Crippen LogP contribution < -0.4 is 10.5 Å². The van der Waals surface area contributed by atoms with Gasteiger partial charge in [0.2, 0.25) is 5.91 Å². The highest BCUT2D eigenvalue weighted by atomic mass is 16.5. The molecular weight excluding hydrogens is 552 g/mol. The van der Waals surface area contributed by atoms with Crippen LogP contribution in [0.1, 0.15) is 18.5 Å². The number of amides is 1. The quantitative estimate of drug-likeness (QED) is 0.262. The predicted molar refractivity (Wildman–Crippen MR) is 170 cm³/mol. The molecule has 7 rings (SSSR count). The number of aromatic nitrogens is 3. The Labute approximate surface area is 257 Å². The number of carbonyl (C=O) groups excluding carboxylic acids is 1. The highest BCUT2D eigenvalue weighted by Gasteiger charge is 2.52. The van der Waals surface area contributed by atoms with Gasteiger partial charge in [0.15, 0.2) is 0 Å². The van der Waals surface area contributed by atoms with Crippen LogP contribution >= 0.6 is 0 Å². The van der Waals surface area contributed by atoms with E-state index < -0.39 is 0 Å². The molecule has 3 aliphatic rings. The maximum Gasteiger partial charge on any atom is 0.246 e. The van der Waals surface area contributed by atoms with Crippen LogP contribution in [-0.2, 0) is 16.6 Å². The van der Waals surface area contributed by atoms with Gasteiger partial charge >= 0.3 is 0 Å². The Bertz CT molecular complexity index is 1750. The standard InChI is InChI=1S/C35H36N6O3/c1-39-29(14-9-25-20-35(21-25)22-41(23-35)30(42)8-5-15-40-16-18-43-19-17-40)31(32-33(36)37-24-38-34(32)39)26-10-12-28(13-11-26)44-27-6-3-2-4-7-27/h2-8,10-13,24-25H,15-23H2,1H3,(H2,36,37,38)/b8-5+. The largest absolute Gasteiger partial charge is 0.457 e. The molecule has 2 aliphatic heterocycles. The van der Waals surface area contributed by atoms with Crippen molar-refractivity contribution in [3.05, 3.63) is 78.8 Å². The minimum Gasteiger partial charge on any atom is -0.457 e. The molecule has 0 radical (unpaired) electrons. The highest BCUT2D eigenvalue weighted by molar-refractivity contribution is 6.03. The van der Waals surface area contributed by atoms with Gasteiger partial charge < -0.3 is 24.7 Å². The molecule has 1 saturated carbocycles. The normalized spacial score (nSPS) is 18.2. The lowest BCUT2D eigenvalue weighted by Gasteiger charge is -2.57. The second-order valence-corrected chi connectivity index (χ2v) is 12.1. The average molecular weight is 589 g/mol. The van der Waals surface area contributed by atoms with Crippen molar-refractivity contribution >= 4 is 22.8 Å². The van der Waals surface area contributed by atoms with Gasteiger partial charge in [-0.25, -0.2) is 9.97 Å². The lowest BCUT2D eigenvalue weighted by Crippen LogP contribution is -2.63. The van der Waals surface area contributed by atoms with Gasteiger partial charge in [0.1, 0.15) is 35.0 Å². The number of hydrogen-bond donors (Lipinski definition) is 1. The second-order valence-electron chi connectivity index (χ2n) is 12.1. The zero-order valence-corrected chi connectivity index (χ0v) is 24.9. The Morgan fingerprint density at radius 3 is 2.55 bits per heavy atom. The molecule has 1 aliphatic carbocycles. The summed E-state index contributed by atoms with van der Waals surface area (Å²) in [7, 11) is 1.97. The molecule has 9 heteroatoms. The Balaban J connectivity index is 1.03. The van der Waals surface area contributed by atoms with Gasteiger partial charge in [-0.2, -0.15) is 0 Å². The van der Waals surface area contributed by atoms with Crippen LogP contribution in [0.4, 0.5) is 5.82 Å². The molecule has 9 nitrogen and oxygen atoms in total. The number of nitrogens with zero attached hydrogens (tertiary/aromatic N) is 5. The van der Waals surface area contributed by atoms with Gasteiger partial charge in [-0.3, -0.25) is 9.69 Å². The van der Waals surface area contributed by atoms with Gasteiger partial charge in [-0.15, -0.1) is 0 Å². The van der Waals surface area contributed by atoms with E-state index in [1.54, 1.807) is 6.08 Å². The van der Waals surface area contributed by atoms with Crippen molar-refractivity contribution in [1.29, 1.82) is 0 Å². The summed E-state index contributed by atoms with van der Waals surface area (Å²) < 4.78 is 13.4. The van der Waals surface area contributed by atoms with E-state index in [-0.39, 0.29) is 11.3 Å². The first-order valence-electron chi connectivity index (χ1n) is 15.2.